The summed E-state index contributed by atoms with van der Waals surface area (Å²) in [6, 6.07) is 0. The first-order valence-electron chi connectivity index (χ1n) is 3.44. The Morgan fingerprint density at radius 2 is 2.40 bits per heavy atom. The lowest BCUT2D eigenvalue weighted by atomic mass is 10.1. The Labute approximate surface area is 66.8 Å². The zero-order valence-corrected chi connectivity index (χ0v) is 7.41. The van der Waals surface area contributed by atoms with Gasteiger partial charge in [-0.1, -0.05) is 0 Å². The molecule has 1 unspecified atom stereocenters. The summed E-state index contributed by atoms with van der Waals surface area (Å²) >= 11 is 1.78. The maximum absolute atomic E-state index is 10.4. The number of carbonyl (C=O) groups excluding carboxylic acids is 1. The molecule has 0 fully saturated rings. The van der Waals surface area contributed by atoms with Gasteiger partial charge >= 0.3 is 0 Å². The van der Waals surface area contributed by atoms with Gasteiger partial charge in [-0.2, -0.15) is 11.8 Å². The Morgan fingerprint density at radius 1 is 1.70 bits per heavy atom. The third-order valence-corrected chi connectivity index (χ3v) is 2.00. The quantitative estimate of drug-likeness (QED) is 0.584. The minimum atomic E-state index is 0.206. The van der Waals surface area contributed by atoms with Crippen LogP contribution in [0.3, 0.4) is 0 Å². The van der Waals surface area contributed by atoms with Crippen molar-refractivity contribution in [2.75, 3.05) is 25.6 Å². The summed E-state index contributed by atoms with van der Waals surface area (Å²) in [6.45, 7) is 0.810. The Morgan fingerprint density at radius 3 is 2.80 bits per heavy atom. The minimum Gasteiger partial charge on any atom is -0.319 e. The number of hydrogen-bond donors (Lipinski definition) is 1. The normalized spacial score (nSPS) is 13.0. The van der Waals surface area contributed by atoms with Gasteiger partial charge < -0.3 is 10.1 Å². The number of hydrogen-bond acceptors (Lipinski definition) is 3. The predicted octanol–water partition coefficient (Wildman–Crippen LogP) is 0.774. The molecule has 0 aliphatic heterocycles. The molecule has 0 aromatic carbocycles. The molecule has 0 bridgehead atoms. The highest BCUT2D eigenvalue weighted by atomic mass is 32.2. The van der Waals surface area contributed by atoms with Crippen molar-refractivity contribution in [2.45, 2.75) is 6.42 Å². The number of carbonyl (C=O) groups is 1. The molecule has 0 radical (unpaired) electrons. The van der Waals surface area contributed by atoms with E-state index < -0.39 is 0 Å². The van der Waals surface area contributed by atoms with Crippen molar-refractivity contribution >= 4 is 18.0 Å². The molecule has 3 heteroatoms. The van der Waals surface area contributed by atoms with E-state index in [0.717, 1.165) is 25.0 Å². The summed E-state index contributed by atoms with van der Waals surface area (Å²) in [5.74, 6) is 1.28. The molecule has 0 amide bonds. The van der Waals surface area contributed by atoms with Gasteiger partial charge in [0.05, 0.1) is 0 Å². The van der Waals surface area contributed by atoms with Crippen molar-refractivity contribution < 1.29 is 4.79 Å². The second-order valence-electron chi connectivity index (χ2n) is 2.24. The van der Waals surface area contributed by atoms with Gasteiger partial charge in [0, 0.05) is 12.5 Å². The van der Waals surface area contributed by atoms with Gasteiger partial charge in [-0.3, -0.25) is 0 Å². The van der Waals surface area contributed by atoms with Gasteiger partial charge in [-0.25, -0.2) is 0 Å². The molecule has 1 N–H and O–H groups in total. The van der Waals surface area contributed by atoms with Crippen molar-refractivity contribution in [3.63, 3.8) is 0 Å². The SMILES string of the molecule is CNCC(C=O)CCSC. The predicted molar refractivity (Wildman–Crippen MR) is 46.5 cm³/mol. The molecule has 0 heterocycles. The Bertz CT molecular complexity index is 87.7. The van der Waals surface area contributed by atoms with Crippen molar-refractivity contribution in [3.8, 4) is 0 Å². The summed E-state index contributed by atoms with van der Waals surface area (Å²) in [6.07, 6.45) is 4.08. The molecular formula is C7H15NOS. The lowest BCUT2D eigenvalue weighted by Crippen LogP contribution is -2.20. The van der Waals surface area contributed by atoms with Gasteiger partial charge in [0.15, 0.2) is 0 Å². The van der Waals surface area contributed by atoms with Crippen LogP contribution in [0.25, 0.3) is 0 Å². The van der Waals surface area contributed by atoms with Crippen LogP contribution < -0.4 is 5.32 Å². The van der Waals surface area contributed by atoms with Crippen LogP contribution in [0, 0.1) is 5.92 Å². The van der Waals surface area contributed by atoms with E-state index in [0.29, 0.717) is 0 Å². The van der Waals surface area contributed by atoms with E-state index in [-0.39, 0.29) is 5.92 Å². The zero-order valence-electron chi connectivity index (χ0n) is 6.59. The van der Waals surface area contributed by atoms with Gasteiger partial charge in [-0.15, -0.1) is 0 Å². The standard InChI is InChI=1S/C7H15NOS/c1-8-5-7(6-9)3-4-10-2/h6-8H,3-5H2,1-2H3. The fraction of sp³-hybridized carbons (Fsp3) is 0.857. The first-order valence-corrected chi connectivity index (χ1v) is 4.83. The van der Waals surface area contributed by atoms with Crippen molar-refractivity contribution in [3.05, 3.63) is 0 Å². The molecule has 0 aromatic rings. The Hall–Kier alpha value is -0.0200. The van der Waals surface area contributed by atoms with Crippen LogP contribution in [-0.4, -0.2) is 31.9 Å². The lowest BCUT2D eigenvalue weighted by Gasteiger charge is -2.06. The molecule has 0 spiro atoms. The van der Waals surface area contributed by atoms with E-state index in [2.05, 4.69) is 11.6 Å². The minimum absolute atomic E-state index is 0.206. The highest BCUT2D eigenvalue weighted by molar-refractivity contribution is 7.98. The second kappa shape index (κ2) is 7.09. The summed E-state index contributed by atoms with van der Waals surface area (Å²) in [4.78, 5) is 10.4. The molecule has 1 atom stereocenters. The number of nitrogens with one attached hydrogen (secondary N) is 1. The van der Waals surface area contributed by atoms with E-state index in [4.69, 9.17) is 0 Å². The molecule has 0 rings (SSSR count). The van der Waals surface area contributed by atoms with Crippen LogP contribution in [0.5, 0.6) is 0 Å². The van der Waals surface area contributed by atoms with Crippen LogP contribution in [0.2, 0.25) is 0 Å². The number of rotatable bonds is 6. The Balaban J connectivity index is 3.29. The first-order chi connectivity index (χ1) is 4.85. The molecule has 0 saturated carbocycles. The molecule has 0 aromatic heterocycles. The van der Waals surface area contributed by atoms with E-state index in [1.54, 1.807) is 11.8 Å². The maximum Gasteiger partial charge on any atom is 0.124 e. The molecule has 2 nitrogen and oxygen atoms in total. The molecule has 0 aliphatic rings. The fourth-order valence-corrected chi connectivity index (χ4v) is 1.29. The largest absolute Gasteiger partial charge is 0.319 e. The smallest absolute Gasteiger partial charge is 0.124 e. The van der Waals surface area contributed by atoms with E-state index >= 15 is 0 Å². The topological polar surface area (TPSA) is 29.1 Å². The van der Waals surface area contributed by atoms with Gasteiger partial charge in [0.25, 0.3) is 0 Å². The van der Waals surface area contributed by atoms with E-state index in [9.17, 15) is 4.79 Å². The molecule has 0 saturated heterocycles. The van der Waals surface area contributed by atoms with Crippen LogP contribution in [0.15, 0.2) is 0 Å². The highest BCUT2D eigenvalue weighted by Gasteiger charge is 2.03. The van der Waals surface area contributed by atoms with E-state index in [1.807, 2.05) is 7.05 Å². The Kier molecular flexibility index (Phi) is 7.08. The van der Waals surface area contributed by atoms with E-state index in [1.165, 1.54) is 0 Å². The summed E-state index contributed by atoms with van der Waals surface area (Å²) in [7, 11) is 1.87. The average molecular weight is 161 g/mol. The lowest BCUT2D eigenvalue weighted by molar-refractivity contribution is -0.111. The molecular weight excluding hydrogens is 146 g/mol. The molecule has 0 aliphatic carbocycles. The summed E-state index contributed by atoms with van der Waals surface area (Å²) in [5.41, 5.74) is 0. The van der Waals surface area contributed by atoms with Crippen LogP contribution >= 0.6 is 11.8 Å². The van der Waals surface area contributed by atoms with Crippen molar-refractivity contribution in [1.82, 2.24) is 5.32 Å². The highest BCUT2D eigenvalue weighted by Crippen LogP contribution is 2.03. The van der Waals surface area contributed by atoms with Crippen LogP contribution in [-0.2, 0) is 4.79 Å². The summed E-state index contributed by atoms with van der Waals surface area (Å²) in [5, 5.41) is 2.99. The van der Waals surface area contributed by atoms with Crippen molar-refractivity contribution in [1.29, 1.82) is 0 Å². The fourth-order valence-electron chi connectivity index (χ4n) is 0.750. The first kappa shape index (κ1) is 9.98. The molecule has 60 valence electrons. The number of thioether (sulfide) groups is 1. The van der Waals surface area contributed by atoms with Crippen LogP contribution in [0.1, 0.15) is 6.42 Å². The van der Waals surface area contributed by atoms with Gasteiger partial charge in [0.1, 0.15) is 6.29 Å². The zero-order chi connectivity index (χ0) is 7.82. The van der Waals surface area contributed by atoms with Gasteiger partial charge in [-0.05, 0) is 25.5 Å². The summed E-state index contributed by atoms with van der Waals surface area (Å²) < 4.78 is 0. The second-order valence-corrected chi connectivity index (χ2v) is 3.22. The van der Waals surface area contributed by atoms with Crippen molar-refractivity contribution in [2.24, 2.45) is 5.92 Å². The average Bonchev–Trinajstić information content (AvgIpc) is 1.98. The maximum atomic E-state index is 10.4. The number of aldehydes is 1. The third-order valence-electron chi connectivity index (χ3n) is 1.35. The van der Waals surface area contributed by atoms with Gasteiger partial charge in [0.2, 0.25) is 0 Å². The third kappa shape index (κ3) is 4.82. The van der Waals surface area contributed by atoms with Crippen LogP contribution in [0.4, 0.5) is 0 Å². The monoisotopic (exact) mass is 161 g/mol. The molecule has 10 heavy (non-hydrogen) atoms.